The van der Waals surface area contributed by atoms with Gasteiger partial charge in [-0.3, -0.25) is 14.9 Å². The van der Waals surface area contributed by atoms with Gasteiger partial charge in [-0.15, -0.1) is 12.4 Å². The third kappa shape index (κ3) is 5.40. The van der Waals surface area contributed by atoms with Crippen LogP contribution in [0.1, 0.15) is 42.1 Å². The van der Waals surface area contributed by atoms with E-state index in [4.69, 9.17) is 4.74 Å². The van der Waals surface area contributed by atoms with Gasteiger partial charge in [-0.1, -0.05) is 37.3 Å². The molecular weight excluding hydrogens is 490 g/mol. The molecule has 0 saturated carbocycles. The van der Waals surface area contributed by atoms with Gasteiger partial charge in [-0.2, -0.15) is 0 Å². The van der Waals surface area contributed by atoms with Gasteiger partial charge in [-0.05, 0) is 59.5 Å². The smallest absolute Gasteiger partial charge is 0.271 e. The standard InChI is InChI=1S/C27H24F2N2O4.ClH/c1-3-22(16-9-12-20(28)21(29)14-16)31-23(15-7-10-19(35-2)11-8-15)17-5-4-6-18(13-17)30-24-25(32)27(34)26(24)33;/h4-14,22-23,30-32H,3H2,1-2H3;1H. The van der Waals surface area contributed by atoms with Gasteiger partial charge in [0.25, 0.3) is 10.9 Å². The van der Waals surface area contributed by atoms with Gasteiger partial charge < -0.3 is 15.2 Å². The lowest BCUT2D eigenvalue weighted by Gasteiger charge is -2.27. The second-order valence-corrected chi connectivity index (χ2v) is 8.14. The molecule has 0 saturated heterocycles. The Balaban J connectivity index is 0.00000361. The fraction of sp³-hybridized carbons (Fsp3) is 0.185. The average Bonchev–Trinajstić information content (AvgIpc) is 2.89. The number of aromatic hydroxyl groups is 1. The first kappa shape index (κ1) is 26.8. The van der Waals surface area contributed by atoms with E-state index >= 15 is 0 Å². The fourth-order valence-electron chi connectivity index (χ4n) is 4.00. The summed E-state index contributed by atoms with van der Waals surface area (Å²) in [6.45, 7) is 1.94. The predicted molar refractivity (Wildman–Crippen MR) is 137 cm³/mol. The minimum Gasteiger partial charge on any atom is -0.502 e. The van der Waals surface area contributed by atoms with Gasteiger partial charge in [0.1, 0.15) is 11.4 Å². The Bertz CT molecular complexity index is 1420. The van der Waals surface area contributed by atoms with Gasteiger partial charge >= 0.3 is 0 Å². The normalized spacial score (nSPS) is 12.6. The van der Waals surface area contributed by atoms with Crippen LogP contribution >= 0.6 is 12.4 Å². The highest BCUT2D eigenvalue weighted by Crippen LogP contribution is 2.31. The summed E-state index contributed by atoms with van der Waals surface area (Å²) >= 11 is 0. The third-order valence-electron chi connectivity index (χ3n) is 5.95. The van der Waals surface area contributed by atoms with Crippen molar-refractivity contribution in [2.45, 2.75) is 25.4 Å². The van der Waals surface area contributed by atoms with Gasteiger partial charge in [0, 0.05) is 11.7 Å². The number of hydrogen-bond acceptors (Lipinski definition) is 6. The Hall–Kier alpha value is -3.75. The third-order valence-corrected chi connectivity index (χ3v) is 5.95. The van der Waals surface area contributed by atoms with Crippen LogP contribution in [0.5, 0.6) is 11.5 Å². The molecule has 188 valence electrons. The van der Waals surface area contributed by atoms with Gasteiger partial charge in [0.2, 0.25) is 0 Å². The van der Waals surface area contributed by atoms with Crippen LogP contribution in [0.25, 0.3) is 0 Å². The van der Waals surface area contributed by atoms with Gasteiger partial charge in [0.15, 0.2) is 17.4 Å². The van der Waals surface area contributed by atoms with Crippen LogP contribution in [-0.2, 0) is 0 Å². The first-order valence-electron chi connectivity index (χ1n) is 11.1. The van der Waals surface area contributed by atoms with E-state index in [9.17, 15) is 23.5 Å². The minimum atomic E-state index is -0.918. The summed E-state index contributed by atoms with van der Waals surface area (Å²) in [4.78, 5) is 23.1. The molecule has 2 unspecified atom stereocenters. The number of nitrogens with one attached hydrogen (secondary N) is 2. The molecule has 4 aromatic carbocycles. The highest BCUT2D eigenvalue weighted by Gasteiger charge is 2.23. The van der Waals surface area contributed by atoms with Crippen molar-refractivity contribution in [3.8, 4) is 11.5 Å². The summed E-state index contributed by atoms with van der Waals surface area (Å²) in [6.07, 6.45) is 0.604. The highest BCUT2D eigenvalue weighted by atomic mass is 35.5. The number of hydrogen-bond donors (Lipinski definition) is 3. The van der Waals surface area contributed by atoms with Crippen molar-refractivity contribution >= 4 is 23.8 Å². The summed E-state index contributed by atoms with van der Waals surface area (Å²) in [7, 11) is 1.58. The van der Waals surface area contributed by atoms with Crippen LogP contribution in [-0.4, -0.2) is 12.2 Å². The molecular formula is C27H25ClF2N2O4. The lowest BCUT2D eigenvalue weighted by atomic mass is 9.95. The van der Waals surface area contributed by atoms with E-state index in [1.54, 1.807) is 31.4 Å². The Labute approximate surface area is 212 Å². The molecule has 2 atom stereocenters. The molecule has 6 nitrogen and oxygen atoms in total. The van der Waals surface area contributed by atoms with Crippen molar-refractivity contribution in [2.75, 3.05) is 12.4 Å². The SMILES string of the molecule is CCC(NC(c1ccc(OC)cc1)c1cccc(Nc2c(O)c(=O)c2=O)c1)c1ccc(F)c(F)c1.Cl. The van der Waals surface area contributed by atoms with Crippen molar-refractivity contribution in [1.82, 2.24) is 5.32 Å². The maximum atomic E-state index is 13.9. The van der Waals surface area contributed by atoms with E-state index in [0.29, 0.717) is 23.4 Å². The highest BCUT2D eigenvalue weighted by molar-refractivity contribution is 5.85. The Morgan fingerprint density at radius 2 is 1.58 bits per heavy atom. The second-order valence-electron chi connectivity index (χ2n) is 8.14. The van der Waals surface area contributed by atoms with Crippen LogP contribution in [0.4, 0.5) is 20.2 Å². The lowest BCUT2D eigenvalue weighted by Crippen LogP contribution is -2.32. The van der Waals surface area contributed by atoms with Gasteiger partial charge in [0.05, 0.1) is 13.2 Å². The van der Waals surface area contributed by atoms with Crippen molar-refractivity contribution in [1.29, 1.82) is 0 Å². The van der Waals surface area contributed by atoms with E-state index in [1.807, 2.05) is 37.3 Å². The van der Waals surface area contributed by atoms with E-state index in [-0.39, 0.29) is 30.2 Å². The largest absolute Gasteiger partial charge is 0.502 e. The van der Waals surface area contributed by atoms with Crippen molar-refractivity contribution in [3.05, 3.63) is 116 Å². The maximum absolute atomic E-state index is 13.9. The molecule has 0 fully saturated rings. The van der Waals surface area contributed by atoms with Crippen LogP contribution in [0.15, 0.2) is 76.3 Å². The molecule has 0 spiro atoms. The zero-order valence-electron chi connectivity index (χ0n) is 19.5. The second kappa shape index (κ2) is 11.3. The molecule has 0 aromatic heterocycles. The van der Waals surface area contributed by atoms with Crippen LogP contribution in [0.2, 0.25) is 0 Å². The zero-order chi connectivity index (χ0) is 25.1. The molecule has 0 heterocycles. The molecule has 9 heteroatoms. The number of anilines is 2. The minimum absolute atomic E-state index is 0. The molecule has 4 aromatic rings. The molecule has 0 amide bonds. The maximum Gasteiger partial charge on any atom is 0.271 e. The van der Waals surface area contributed by atoms with E-state index < -0.39 is 28.2 Å². The van der Waals surface area contributed by atoms with E-state index in [0.717, 1.165) is 17.2 Å². The number of rotatable bonds is 9. The summed E-state index contributed by atoms with van der Waals surface area (Å²) in [6, 6.07) is 17.8. The lowest BCUT2D eigenvalue weighted by molar-refractivity contribution is 0.414. The zero-order valence-corrected chi connectivity index (χ0v) is 20.4. The molecule has 0 bridgehead atoms. The number of halogens is 3. The first-order chi connectivity index (χ1) is 16.8. The van der Waals surface area contributed by atoms with Crippen LogP contribution < -0.4 is 26.2 Å². The monoisotopic (exact) mass is 514 g/mol. The summed E-state index contributed by atoms with van der Waals surface area (Å²) in [5.41, 5.74) is 0.967. The number of ether oxygens (including phenoxy) is 1. The Morgan fingerprint density at radius 3 is 2.19 bits per heavy atom. The predicted octanol–water partition coefficient (Wildman–Crippen LogP) is 5.27. The molecule has 0 aliphatic carbocycles. The van der Waals surface area contributed by atoms with Crippen molar-refractivity contribution in [2.24, 2.45) is 0 Å². The quantitative estimate of drug-likeness (QED) is 0.264. The molecule has 3 N–H and O–H groups in total. The van der Waals surface area contributed by atoms with Crippen molar-refractivity contribution < 1.29 is 18.6 Å². The Kier molecular flexibility index (Phi) is 8.45. The van der Waals surface area contributed by atoms with Crippen LogP contribution in [0.3, 0.4) is 0 Å². The molecule has 0 aliphatic rings. The average molecular weight is 515 g/mol. The molecule has 0 radical (unpaired) electrons. The number of methoxy groups -OCH3 is 1. The molecule has 4 rings (SSSR count). The summed E-state index contributed by atoms with van der Waals surface area (Å²) in [5.74, 6) is -1.72. The van der Waals surface area contributed by atoms with Crippen molar-refractivity contribution in [3.63, 3.8) is 0 Å². The summed E-state index contributed by atoms with van der Waals surface area (Å²) < 4.78 is 32.7. The Morgan fingerprint density at radius 1 is 0.889 bits per heavy atom. The van der Waals surface area contributed by atoms with E-state index in [2.05, 4.69) is 10.6 Å². The van der Waals surface area contributed by atoms with E-state index in [1.165, 1.54) is 6.07 Å². The van der Waals surface area contributed by atoms with Crippen LogP contribution in [0, 0.1) is 11.6 Å². The first-order valence-corrected chi connectivity index (χ1v) is 11.1. The molecule has 36 heavy (non-hydrogen) atoms. The fourth-order valence-corrected chi connectivity index (χ4v) is 4.00. The van der Waals surface area contributed by atoms with Gasteiger partial charge in [-0.25, -0.2) is 8.78 Å². The number of benzene rings is 3. The summed E-state index contributed by atoms with van der Waals surface area (Å²) in [5, 5.41) is 16.0. The topological polar surface area (TPSA) is 87.7 Å². The molecule has 0 aliphatic heterocycles.